The maximum absolute atomic E-state index is 11.4. The zero-order valence-electron chi connectivity index (χ0n) is 10.1. The van der Waals surface area contributed by atoms with Gasteiger partial charge in [-0.15, -0.1) is 0 Å². The van der Waals surface area contributed by atoms with E-state index in [1.807, 2.05) is 6.26 Å². The van der Waals surface area contributed by atoms with Crippen LogP contribution >= 0.6 is 11.8 Å². The Bertz CT molecular complexity index is 451. The highest BCUT2D eigenvalue weighted by Gasteiger charge is 2.16. The minimum absolute atomic E-state index is 0.0521. The zero-order chi connectivity index (χ0) is 13.5. The van der Waals surface area contributed by atoms with Crippen LogP contribution in [0.4, 0.5) is 11.4 Å². The van der Waals surface area contributed by atoms with Crippen molar-refractivity contribution in [2.24, 2.45) is 0 Å². The molecule has 1 aromatic rings. The summed E-state index contributed by atoms with van der Waals surface area (Å²) in [6, 6.07) is 4.11. The van der Waals surface area contributed by atoms with E-state index in [4.69, 9.17) is 0 Å². The molecule has 0 aliphatic carbocycles. The summed E-state index contributed by atoms with van der Waals surface area (Å²) in [7, 11) is 1.27. The number of hydrogen-bond donors (Lipinski definition) is 1. The highest BCUT2D eigenvalue weighted by molar-refractivity contribution is 7.98. The maximum atomic E-state index is 11.4. The van der Waals surface area contributed by atoms with E-state index >= 15 is 0 Å². The zero-order valence-corrected chi connectivity index (χ0v) is 11.0. The molecule has 0 heterocycles. The molecule has 1 N–H and O–H groups in total. The lowest BCUT2D eigenvalue weighted by Crippen LogP contribution is -2.08. The predicted molar refractivity (Wildman–Crippen MR) is 71.3 cm³/mol. The molecule has 0 saturated carbocycles. The van der Waals surface area contributed by atoms with Crippen LogP contribution in [0.15, 0.2) is 18.2 Å². The summed E-state index contributed by atoms with van der Waals surface area (Å²) in [5, 5.41) is 13.8. The summed E-state index contributed by atoms with van der Waals surface area (Å²) in [4.78, 5) is 21.7. The molecule has 0 aromatic heterocycles. The second kappa shape index (κ2) is 6.85. The van der Waals surface area contributed by atoms with Crippen LogP contribution in [0.25, 0.3) is 0 Å². The quantitative estimate of drug-likeness (QED) is 0.369. The molecule has 98 valence electrons. The third-order valence-electron chi connectivity index (χ3n) is 2.24. The van der Waals surface area contributed by atoms with Crippen molar-refractivity contribution in [1.29, 1.82) is 0 Å². The molecule has 0 bridgehead atoms. The first kappa shape index (κ1) is 14.3. The first-order valence-corrected chi connectivity index (χ1v) is 6.59. The standard InChI is InChI=1S/C11H14N2O4S/c1-17-11(14)8-3-4-10(13(15)16)9(7-8)12-5-6-18-2/h3-4,7,12H,5-6H2,1-2H3. The van der Waals surface area contributed by atoms with E-state index in [0.29, 0.717) is 12.2 Å². The van der Waals surface area contributed by atoms with Crippen molar-refractivity contribution >= 4 is 29.1 Å². The van der Waals surface area contributed by atoms with Gasteiger partial charge < -0.3 is 10.1 Å². The second-order valence-electron chi connectivity index (χ2n) is 3.40. The van der Waals surface area contributed by atoms with Gasteiger partial charge in [0.2, 0.25) is 0 Å². The number of esters is 1. The van der Waals surface area contributed by atoms with E-state index in [-0.39, 0.29) is 11.3 Å². The highest BCUT2D eigenvalue weighted by atomic mass is 32.2. The van der Waals surface area contributed by atoms with Gasteiger partial charge in [0.25, 0.3) is 5.69 Å². The number of carbonyl (C=O) groups excluding carboxylic acids is 1. The van der Waals surface area contributed by atoms with Gasteiger partial charge in [-0.3, -0.25) is 10.1 Å². The van der Waals surface area contributed by atoms with Crippen LogP contribution in [0.3, 0.4) is 0 Å². The molecule has 18 heavy (non-hydrogen) atoms. The Kier molecular flexibility index (Phi) is 5.44. The molecule has 0 radical (unpaired) electrons. The number of anilines is 1. The number of ether oxygens (including phenoxy) is 1. The number of nitrogens with zero attached hydrogens (tertiary/aromatic N) is 1. The van der Waals surface area contributed by atoms with Gasteiger partial charge in [0.1, 0.15) is 5.69 Å². The molecule has 0 atom stereocenters. The van der Waals surface area contributed by atoms with E-state index < -0.39 is 10.9 Å². The molecule has 0 unspecified atom stereocenters. The fraction of sp³-hybridized carbons (Fsp3) is 0.364. The molecule has 0 spiro atoms. The summed E-state index contributed by atoms with van der Waals surface area (Å²) in [5.74, 6) is 0.303. The fourth-order valence-electron chi connectivity index (χ4n) is 1.37. The van der Waals surface area contributed by atoms with Crippen molar-refractivity contribution < 1.29 is 14.5 Å². The van der Waals surface area contributed by atoms with Crippen molar-refractivity contribution in [3.05, 3.63) is 33.9 Å². The van der Waals surface area contributed by atoms with Crippen molar-refractivity contribution in [1.82, 2.24) is 0 Å². The number of hydrogen-bond acceptors (Lipinski definition) is 6. The second-order valence-corrected chi connectivity index (χ2v) is 4.39. The van der Waals surface area contributed by atoms with Crippen molar-refractivity contribution in [3.63, 3.8) is 0 Å². The molecule has 0 aliphatic rings. The minimum atomic E-state index is -0.516. The lowest BCUT2D eigenvalue weighted by molar-refractivity contribution is -0.384. The third kappa shape index (κ3) is 3.63. The van der Waals surface area contributed by atoms with Gasteiger partial charge in [-0.2, -0.15) is 11.8 Å². The lowest BCUT2D eigenvalue weighted by Gasteiger charge is -2.07. The third-order valence-corrected chi connectivity index (χ3v) is 2.85. The molecule has 7 heteroatoms. The first-order valence-electron chi connectivity index (χ1n) is 5.19. The Labute approximate surface area is 109 Å². The molecule has 0 aliphatic heterocycles. The maximum Gasteiger partial charge on any atom is 0.337 e. The number of nitrogens with one attached hydrogen (secondary N) is 1. The lowest BCUT2D eigenvalue weighted by atomic mass is 10.1. The van der Waals surface area contributed by atoms with Crippen LogP contribution in [0, 0.1) is 10.1 Å². The topological polar surface area (TPSA) is 81.5 Å². The largest absolute Gasteiger partial charge is 0.465 e. The Hall–Kier alpha value is -1.76. The number of carbonyl (C=O) groups is 1. The van der Waals surface area contributed by atoms with Crippen molar-refractivity contribution in [2.45, 2.75) is 0 Å². The van der Waals surface area contributed by atoms with Crippen LogP contribution < -0.4 is 5.32 Å². The number of rotatable bonds is 6. The summed E-state index contributed by atoms with van der Waals surface area (Å²) >= 11 is 1.63. The Morgan fingerprint density at radius 2 is 2.28 bits per heavy atom. The minimum Gasteiger partial charge on any atom is -0.465 e. The van der Waals surface area contributed by atoms with E-state index in [1.54, 1.807) is 11.8 Å². The molecule has 0 saturated heterocycles. The van der Waals surface area contributed by atoms with Crippen LogP contribution in [-0.2, 0) is 4.74 Å². The van der Waals surface area contributed by atoms with Gasteiger partial charge in [0.05, 0.1) is 17.6 Å². The number of benzene rings is 1. The Morgan fingerprint density at radius 1 is 1.56 bits per heavy atom. The van der Waals surface area contributed by atoms with Crippen LogP contribution in [0.5, 0.6) is 0 Å². The summed E-state index contributed by atoms with van der Waals surface area (Å²) in [5.41, 5.74) is 0.565. The van der Waals surface area contributed by atoms with Gasteiger partial charge in [-0.05, 0) is 18.4 Å². The van der Waals surface area contributed by atoms with Crippen LogP contribution in [0.1, 0.15) is 10.4 Å². The summed E-state index contributed by atoms with van der Waals surface area (Å²) < 4.78 is 4.58. The van der Waals surface area contributed by atoms with Gasteiger partial charge in [-0.1, -0.05) is 0 Å². The monoisotopic (exact) mass is 270 g/mol. The Morgan fingerprint density at radius 3 is 2.83 bits per heavy atom. The molecule has 6 nitrogen and oxygen atoms in total. The Balaban J connectivity index is 2.99. The van der Waals surface area contributed by atoms with E-state index in [2.05, 4.69) is 10.1 Å². The number of methoxy groups -OCH3 is 1. The number of thioether (sulfide) groups is 1. The van der Waals surface area contributed by atoms with Gasteiger partial charge in [0.15, 0.2) is 0 Å². The molecule has 1 aromatic carbocycles. The molecule has 0 fully saturated rings. The molecule has 0 amide bonds. The normalized spacial score (nSPS) is 9.89. The molecular weight excluding hydrogens is 256 g/mol. The average molecular weight is 270 g/mol. The highest BCUT2D eigenvalue weighted by Crippen LogP contribution is 2.25. The van der Waals surface area contributed by atoms with E-state index in [1.165, 1.54) is 25.3 Å². The smallest absolute Gasteiger partial charge is 0.337 e. The van der Waals surface area contributed by atoms with Gasteiger partial charge >= 0.3 is 5.97 Å². The van der Waals surface area contributed by atoms with Crippen LogP contribution in [0.2, 0.25) is 0 Å². The fourth-order valence-corrected chi connectivity index (χ4v) is 1.68. The van der Waals surface area contributed by atoms with E-state index in [9.17, 15) is 14.9 Å². The number of nitro groups is 1. The van der Waals surface area contributed by atoms with Gasteiger partial charge in [-0.25, -0.2) is 4.79 Å². The molecule has 1 rings (SSSR count). The SMILES string of the molecule is COC(=O)c1ccc([N+](=O)[O-])c(NCCSC)c1. The summed E-state index contributed by atoms with van der Waals surface area (Å²) in [6.45, 7) is 0.590. The van der Waals surface area contributed by atoms with Gasteiger partial charge in [0, 0.05) is 18.4 Å². The van der Waals surface area contributed by atoms with Crippen molar-refractivity contribution in [2.75, 3.05) is 31.0 Å². The predicted octanol–water partition coefficient (Wildman–Crippen LogP) is 2.16. The van der Waals surface area contributed by atoms with Crippen molar-refractivity contribution in [3.8, 4) is 0 Å². The van der Waals surface area contributed by atoms with E-state index in [0.717, 1.165) is 5.75 Å². The first-order chi connectivity index (χ1) is 8.60. The van der Waals surface area contributed by atoms with Crippen LogP contribution in [-0.4, -0.2) is 36.6 Å². The molecular formula is C11H14N2O4S. The summed E-state index contributed by atoms with van der Waals surface area (Å²) in [6.07, 6.45) is 1.95. The average Bonchev–Trinajstić information content (AvgIpc) is 2.37. The number of nitro benzene ring substituents is 1.